The number of amides is 1. The molecule has 0 aliphatic carbocycles. The van der Waals surface area contributed by atoms with Gasteiger partial charge in [0.15, 0.2) is 11.5 Å². The zero-order valence-corrected chi connectivity index (χ0v) is 16.4. The Morgan fingerprint density at radius 3 is 2.61 bits per heavy atom. The van der Waals surface area contributed by atoms with Crippen LogP contribution in [0.25, 0.3) is 0 Å². The first-order chi connectivity index (χ1) is 14.9. The number of benzene rings is 2. The summed E-state index contributed by atoms with van der Waals surface area (Å²) in [6.07, 6.45) is -5.34. The molecule has 1 aliphatic rings. The maximum absolute atomic E-state index is 12.2. The maximum Gasteiger partial charge on any atom is 0.573 e. The van der Waals surface area contributed by atoms with Crippen LogP contribution in [0.2, 0.25) is 0 Å². The second-order valence-electron chi connectivity index (χ2n) is 6.18. The van der Waals surface area contributed by atoms with Gasteiger partial charge in [-0.05, 0) is 36.4 Å². The van der Waals surface area contributed by atoms with Crippen molar-refractivity contribution in [2.75, 3.05) is 17.7 Å². The number of rotatable bonds is 6. The first kappa shape index (κ1) is 20.8. The number of para-hydroxylation sites is 2. The van der Waals surface area contributed by atoms with Gasteiger partial charge in [0, 0.05) is 5.69 Å². The minimum Gasteiger partial charge on any atom is -0.485 e. The molecule has 0 saturated carbocycles. The normalized spacial score (nSPS) is 15.4. The number of alkyl halides is 3. The van der Waals surface area contributed by atoms with Crippen molar-refractivity contribution in [2.24, 2.45) is 0 Å². The highest BCUT2D eigenvalue weighted by molar-refractivity contribution is 7.99. The van der Waals surface area contributed by atoms with Gasteiger partial charge in [-0.3, -0.25) is 4.79 Å². The van der Waals surface area contributed by atoms with E-state index in [0.717, 1.165) is 23.9 Å². The molecule has 0 spiro atoms. The fourth-order valence-electron chi connectivity index (χ4n) is 2.61. The molecule has 4 rings (SSSR count). The fraction of sp³-hybridized carbons (Fsp3) is 0.211. The second kappa shape index (κ2) is 8.76. The summed E-state index contributed by atoms with van der Waals surface area (Å²) in [6.45, 7) is 0.206. The van der Waals surface area contributed by atoms with Gasteiger partial charge < -0.3 is 23.9 Å². The molecule has 8 nitrogen and oxygen atoms in total. The minimum atomic E-state index is -4.78. The van der Waals surface area contributed by atoms with E-state index >= 15 is 0 Å². The maximum atomic E-state index is 12.2. The molecule has 1 aliphatic heterocycles. The van der Waals surface area contributed by atoms with Crippen LogP contribution in [0.15, 0.2) is 58.2 Å². The van der Waals surface area contributed by atoms with E-state index < -0.39 is 18.4 Å². The molecule has 2 aromatic carbocycles. The number of fused-ring (bicyclic) bond motifs is 1. The summed E-state index contributed by atoms with van der Waals surface area (Å²) in [5, 5.41) is 10.5. The molecule has 0 radical (unpaired) electrons. The number of carbonyl (C=O) groups excluding carboxylic acids is 1. The van der Waals surface area contributed by atoms with E-state index in [-0.39, 0.29) is 29.2 Å². The third-order valence-electron chi connectivity index (χ3n) is 3.90. The summed E-state index contributed by atoms with van der Waals surface area (Å²) < 4.78 is 57.2. The van der Waals surface area contributed by atoms with Crippen molar-refractivity contribution in [1.29, 1.82) is 0 Å². The Morgan fingerprint density at radius 1 is 1.13 bits per heavy atom. The zero-order chi connectivity index (χ0) is 21.8. The standard InChI is InChI=1S/C19H14F3N3O5S/c20-19(21,22)30-12-7-5-11(6-8-12)23-16(26)10-31-18-25-24-17(29-18)15-9-27-13-3-1-2-4-14(13)28-15/h1-8,15H,9-10H2,(H,23,26). The Morgan fingerprint density at radius 2 is 1.87 bits per heavy atom. The van der Waals surface area contributed by atoms with Gasteiger partial charge in [0.1, 0.15) is 12.4 Å². The number of anilines is 1. The van der Waals surface area contributed by atoms with Gasteiger partial charge in [0.2, 0.25) is 12.0 Å². The van der Waals surface area contributed by atoms with E-state index in [4.69, 9.17) is 13.9 Å². The highest BCUT2D eigenvalue weighted by Gasteiger charge is 2.31. The summed E-state index contributed by atoms with van der Waals surface area (Å²) in [5.74, 6) is 0.584. The van der Waals surface area contributed by atoms with E-state index in [1.54, 1.807) is 12.1 Å². The molecule has 0 saturated heterocycles. The lowest BCUT2D eigenvalue weighted by Crippen LogP contribution is -2.21. The Hall–Kier alpha value is -3.41. The summed E-state index contributed by atoms with van der Waals surface area (Å²) in [6, 6.07) is 12.0. The lowest BCUT2D eigenvalue weighted by atomic mass is 10.2. The van der Waals surface area contributed by atoms with Gasteiger partial charge in [-0.25, -0.2) is 0 Å². The topological polar surface area (TPSA) is 95.7 Å². The fourth-order valence-corrected chi connectivity index (χ4v) is 3.18. The number of hydrogen-bond donors (Lipinski definition) is 1. The Kier molecular flexibility index (Phi) is 5.89. The molecular weight excluding hydrogens is 439 g/mol. The number of hydrogen-bond acceptors (Lipinski definition) is 8. The summed E-state index contributed by atoms with van der Waals surface area (Å²) in [4.78, 5) is 12.1. The highest BCUT2D eigenvalue weighted by atomic mass is 32.2. The number of ether oxygens (including phenoxy) is 3. The molecule has 0 bridgehead atoms. The number of halogens is 3. The van der Waals surface area contributed by atoms with Crippen LogP contribution >= 0.6 is 11.8 Å². The molecule has 1 N–H and O–H groups in total. The van der Waals surface area contributed by atoms with Gasteiger partial charge in [0.05, 0.1) is 5.75 Å². The molecule has 31 heavy (non-hydrogen) atoms. The van der Waals surface area contributed by atoms with Crippen LogP contribution < -0.4 is 19.5 Å². The van der Waals surface area contributed by atoms with Crippen LogP contribution in [0.4, 0.5) is 18.9 Å². The number of aromatic nitrogens is 2. The lowest BCUT2D eigenvalue weighted by Gasteiger charge is -2.23. The van der Waals surface area contributed by atoms with Crippen molar-refractivity contribution in [1.82, 2.24) is 10.2 Å². The number of carbonyl (C=O) groups is 1. The Balaban J connectivity index is 1.27. The summed E-state index contributed by atoms with van der Waals surface area (Å²) >= 11 is 1.01. The van der Waals surface area contributed by atoms with Crippen LogP contribution in [-0.4, -0.2) is 34.8 Å². The number of nitrogens with one attached hydrogen (secondary N) is 1. The van der Waals surface area contributed by atoms with Gasteiger partial charge in [-0.15, -0.1) is 23.4 Å². The van der Waals surface area contributed by atoms with Gasteiger partial charge >= 0.3 is 6.36 Å². The van der Waals surface area contributed by atoms with Crippen molar-refractivity contribution in [3.05, 3.63) is 54.4 Å². The van der Waals surface area contributed by atoms with Crippen LogP contribution in [0, 0.1) is 0 Å². The molecule has 1 unspecified atom stereocenters. The molecule has 12 heteroatoms. The Labute approximate surface area is 177 Å². The summed E-state index contributed by atoms with van der Waals surface area (Å²) in [5.41, 5.74) is 0.317. The molecule has 162 valence electrons. The number of nitrogens with zero attached hydrogens (tertiary/aromatic N) is 2. The molecule has 2 heterocycles. The largest absolute Gasteiger partial charge is 0.573 e. The molecular formula is C19H14F3N3O5S. The first-order valence-corrected chi connectivity index (χ1v) is 9.84. The summed E-state index contributed by atoms with van der Waals surface area (Å²) in [7, 11) is 0. The minimum absolute atomic E-state index is 0.0483. The van der Waals surface area contributed by atoms with Crippen LogP contribution in [0.3, 0.4) is 0 Å². The van der Waals surface area contributed by atoms with Crippen molar-refractivity contribution >= 4 is 23.4 Å². The highest BCUT2D eigenvalue weighted by Crippen LogP contribution is 2.36. The molecule has 0 fully saturated rings. The quantitative estimate of drug-likeness (QED) is 0.555. The second-order valence-corrected chi connectivity index (χ2v) is 7.11. The van der Waals surface area contributed by atoms with E-state index in [0.29, 0.717) is 17.2 Å². The average molecular weight is 453 g/mol. The third-order valence-corrected chi connectivity index (χ3v) is 4.72. The van der Waals surface area contributed by atoms with Crippen LogP contribution in [0.5, 0.6) is 17.2 Å². The SMILES string of the molecule is O=C(CSc1nnc(C2COc3ccccc3O2)o1)Nc1ccc(OC(F)(F)F)cc1. The predicted molar refractivity (Wildman–Crippen MR) is 102 cm³/mol. The third kappa shape index (κ3) is 5.60. The van der Waals surface area contributed by atoms with Crippen molar-refractivity contribution in [3.63, 3.8) is 0 Å². The van der Waals surface area contributed by atoms with E-state index in [9.17, 15) is 18.0 Å². The average Bonchev–Trinajstić information content (AvgIpc) is 3.21. The van der Waals surface area contributed by atoms with E-state index in [2.05, 4.69) is 20.3 Å². The molecule has 1 aromatic heterocycles. The molecule has 1 amide bonds. The Bertz CT molecular complexity index is 1060. The smallest absolute Gasteiger partial charge is 0.485 e. The van der Waals surface area contributed by atoms with Gasteiger partial charge in [-0.2, -0.15) is 0 Å². The van der Waals surface area contributed by atoms with Crippen LogP contribution in [-0.2, 0) is 4.79 Å². The van der Waals surface area contributed by atoms with Gasteiger partial charge in [-0.1, -0.05) is 23.9 Å². The zero-order valence-electron chi connectivity index (χ0n) is 15.6. The molecule has 3 aromatic rings. The van der Waals surface area contributed by atoms with Crippen molar-refractivity contribution < 1.29 is 36.6 Å². The van der Waals surface area contributed by atoms with Crippen molar-refractivity contribution in [2.45, 2.75) is 17.7 Å². The number of thioether (sulfide) groups is 1. The monoisotopic (exact) mass is 453 g/mol. The van der Waals surface area contributed by atoms with E-state index in [1.165, 1.54) is 12.1 Å². The first-order valence-electron chi connectivity index (χ1n) is 8.86. The van der Waals surface area contributed by atoms with Crippen LogP contribution in [0.1, 0.15) is 12.0 Å². The lowest BCUT2D eigenvalue weighted by molar-refractivity contribution is -0.274. The van der Waals surface area contributed by atoms with E-state index in [1.807, 2.05) is 12.1 Å². The molecule has 1 atom stereocenters. The predicted octanol–water partition coefficient (Wildman–Crippen LogP) is 4.21. The van der Waals surface area contributed by atoms with Crippen molar-refractivity contribution in [3.8, 4) is 17.2 Å². The van der Waals surface area contributed by atoms with Gasteiger partial charge in [0.25, 0.3) is 11.1 Å².